The Labute approximate surface area is 209 Å². The van der Waals surface area contributed by atoms with E-state index in [-0.39, 0.29) is 11.1 Å². The van der Waals surface area contributed by atoms with Gasteiger partial charge in [0.05, 0.1) is 34.0 Å². The van der Waals surface area contributed by atoms with Crippen molar-refractivity contribution in [2.24, 2.45) is 0 Å². The Kier molecular flexibility index (Phi) is 6.12. The molecule has 0 fully saturated rings. The highest BCUT2D eigenvalue weighted by Crippen LogP contribution is 2.19. The van der Waals surface area contributed by atoms with Crippen molar-refractivity contribution in [1.82, 2.24) is 13.8 Å². The van der Waals surface area contributed by atoms with Gasteiger partial charge in [-0.3, -0.25) is 10.4 Å². The summed E-state index contributed by atoms with van der Waals surface area (Å²) in [5, 5.41) is 17.2. The first-order valence-electron chi connectivity index (χ1n) is 11.5. The number of hydrogen-bond acceptors (Lipinski definition) is 3. The summed E-state index contributed by atoms with van der Waals surface area (Å²) in [5.41, 5.74) is 7.69. The van der Waals surface area contributed by atoms with E-state index in [0.29, 0.717) is 11.3 Å². The van der Waals surface area contributed by atoms with Gasteiger partial charge in [-0.05, 0) is 72.8 Å². The fourth-order valence-electron chi connectivity index (χ4n) is 4.26. The maximum absolute atomic E-state index is 8.57. The van der Waals surface area contributed by atoms with Crippen molar-refractivity contribution in [1.29, 1.82) is 10.8 Å². The molecular formula is C31H25N5. The van der Waals surface area contributed by atoms with Crippen LogP contribution in [0.15, 0.2) is 98.5 Å². The summed E-state index contributed by atoms with van der Waals surface area (Å²) >= 11 is 0. The zero-order valence-corrected chi connectivity index (χ0v) is 19.7. The predicted molar refractivity (Wildman–Crippen MR) is 150 cm³/mol. The van der Waals surface area contributed by atoms with Gasteiger partial charge in [0.25, 0.3) is 0 Å². The molecule has 0 aromatic carbocycles. The van der Waals surface area contributed by atoms with E-state index in [1.54, 1.807) is 12.1 Å². The molecule has 0 aliphatic carbocycles. The quantitative estimate of drug-likeness (QED) is 0.260. The number of rotatable bonds is 7. The summed E-state index contributed by atoms with van der Waals surface area (Å²) in [5.74, 6) is 0. The predicted octanol–water partition coefficient (Wildman–Crippen LogP) is 6.60. The van der Waals surface area contributed by atoms with Gasteiger partial charge in [0.15, 0.2) is 0 Å². The highest BCUT2D eigenvalue weighted by atomic mass is 14.9. The van der Waals surface area contributed by atoms with Crippen molar-refractivity contribution >= 4 is 47.1 Å². The minimum Gasteiger partial charge on any atom is -0.317 e. The van der Waals surface area contributed by atoms with Crippen LogP contribution in [0.3, 0.4) is 0 Å². The molecule has 5 heteroatoms. The molecule has 0 bridgehead atoms. The van der Waals surface area contributed by atoms with Crippen molar-refractivity contribution in [2.75, 3.05) is 0 Å². The Morgan fingerprint density at radius 1 is 0.750 bits per heavy atom. The number of nitrogens with one attached hydrogen (secondary N) is 2. The Hall–Kier alpha value is -5.03. The van der Waals surface area contributed by atoms with E-state index in [4.69, 9.17) is 10.8 Å². The smallest absolute Gasteiger partial charge is 0.0816 e. The van der Waals surface area contributed by atoms with E-state index in [2.05, 4.69) is 33.0 Å². The maximum Gasteiger partial charge on any atom is 0.0816 e. The summed E-state index contributed by atoms with van der Waals surface area (Å²) in [7, 11) is 0. The molecule has 0 radical (unpaired) electrons. The third-order valence-corrected chi connectivity index (χ3v) is 6.14. The number of aromatic nitrogens is 3. The molecular weight excluding hydrogens is 442 g/mol. The Bertz CT molecular complexity index is 1760. The third kappa shape index (κ3) is 4.26. The molecule has 0 unspecified atom stereocenters. The number of fused-ring (bicyclic) bond motifs is 2. The van der Waals surface area contributed by atoms with Crippen LogP contribution in [0, 0.1) is 10.8 Å². The lowest BCUT2D eigenvalue weighted by atomic mass is 10.1. The summed E-state index contributed by atoms with van der Waals surface area (Å²) in [4.78, 5) is 4.44. The largest absolute Gasteiger partial charge is 0.317 e. The minimum absolute atomic E-state index is 0.199. The van der Waals surface area contributed by atoms with Gasteiger partial charge in [-0.15, -0.1) is 0 Å². The standard InChI is InChI=1S/C31H25N5/c1-3-25-7-5-9-30-22(17-19-35(25)30)11-13-24-14-15-27(29(33)21-34-24)28(32)16-12-23-18-20-36-26(4-2)8-6-10-31(23)36/h3-21,32-33H,1-2H2/b13-11+,16-12+,32-28?,33-29?. The minimum atomic E-state index is 0.199. The fourth-order valence-corrected chi connectivity index (χ4v) is 4.26. The molecule has 0 amide bonds. The van der Waals surface area contributed by atoms with E-state index in [1.165, 1.54) is 6.20 Å². The molecule has 5 rings (SSSR count). The second kappa shape index (κ2) is 9.68. The van der Waals surface area contributed by atoms with Crippen LogP contribution in [0.25, 0.3) is 41.4 Å². The van der Waals surface area contributed by atoms with Crippen LogP contribution in [-0.2, 0) is 0 Å². The molecule has 5 heterocycles. The average Bonchev–Trinajstić information content (AvgIpc) is 3.47. The van der Waals surface area contributed by atoms with E-state index in [1.807, 2.05) is 91.3 Å². The van der Waals surface area contributed by atoms with Crippen LogP contribution in [-0.4, -0.2) is 19.5 Å². The molecule has 0 spiro atoms. The van der Waals surface area contributed by atoms with Gasteiger partial charge in [-0.25, -0.2) is 0 Å². The van der Waals surface area contributed by atoms with Gasteiger partial charge in [-0.2, -0.15) is 0 Å². The molecule has 0 aliphatic rings. The van der Waals surface area contributed by atoms with Crippen LogP contribution in [0.4, 0.5) is 0 Å². The van der Waals surface area contributed by atoms with Crippen LogP contribution in [0.2, 0.25) is 0 Å². The first-order valence-corrected chi connectivity index (χ1v) is 11.5. The summed E-state index contributed by atoms with van der Waals surface area (Å²) < 4.78 is 4.15. The second-order valence-electron chi connectivity index (χ2n) is 8.29. The van der Waals surface area contributed by atoms with Crippen LogP contribution >= 0.6 is 0 Å². The first-order chi connectivity index (χ1) is 17.6. The normalized spacial score (nSPS) is 11.6. The van der Waals surface area contributed by atoms with E-state index in [9.17, 15) is 0 Å². The summed E-state index contributed by atoms with van der Waals surface area (Å²) in [6.45, 7) is 7.74. The third-order valence-electron chi connectivity index (χ3n) is 6.14. The van der Waals surface area contributed by atoms with E-state index >= 15 is 0 Å². The second-order valence-corrected chi connectivity index (χ2v) is 8.29. The van der Waals surface area contributed by atoms with Gasteiger partial charge in [0.2, 0.25) is 0 Å². The number of nitrogens with zero attached hydrogens (tertiary/aromatic N) is 3. The van der Waals surface area contributed by atoms with Crippen LogP contribution in [0.1, 0.15) is 33.8 Å². The molecule has 36 heavy (non-hydrogen) atoms. The summed E-state index contributed by atoms with van der Waals surface area (Å²) in [6.07, 6.45) is 16.7. The number of allylic oxidation sites excluding steroid dienone is 1. The zero-order valence-electron chi connectivity index (χ0n) is 19.7. The van der Waals surface area contributed by atoms with E-state index < -0.39 is 0 Å². The Balaban J connectivity index is 1.40. The molecule has 5 aromatic heterocycles. The Morgan fingerprint density at radius 3 is 1.97 bits per heavy atom. The lowest BCUT2D eigenvalue weighted by Crippen LogP contribution is -2.10. The van der Waals surface area contributed by atoms with Crippen LogP contribution < -0.4 is 5.36 Å². The lowest BCUT2D eigenvalue weighted by molar-refractivity contribution is 1.17. The highest BCUT2D eigenvalue weighted by Gasteiger charge is 2.05. The maximum atomic E-state index is 8.57. The topological polar surface area (TPSA) is 69.4 Å². The summed E-state index contributed by atoms with van der Waals surface area (Å²) in [6, 6.07) is 19.8. The van der Waals surface area contributed by atoms with Crippen molar-refractivity contribution in [3.05, 3.63) is 138 Å². The number of pyridine rings is 2. The average molecular weight is 468 g/mol. The van der Waals surface area contributed by atoms with Crippen molar-refractivity contribution < 1.29 is 0 Å². The first kappa shape index (κ1) is 22.7. The molecule has 0 atom stereocenters. The molecule has 174 valence electrons. The highest BCUT2D eigenvalue weighted by molar-refractivity contribution is 6.08. The van der Waals surface area contributed by atoms with Gasteiger partial charge < -0.3 is 14.2 Å². The zero-order chi connectivity index (χ0) is 25.1. The molecule has 2 N–H and O–H groups in total. The van der Waals surface area contributed by atoms with Crippen molar-refractivity contribution in [3.8, 4) is 0 Å². The lowest BCUT2D eigenvalue weighted by Gasteiger charge is -2.01. The monoisotopic (exact) mass is 467 g/mol. The molecule has 0 saturated heterocycles. The molecule has 5 aromatic rings. The number of hydrogen-bond donors (Lipinski definition) is 2. The van der Waals surface area contributed by atoms with Gasteiger partial charge in [0, 0.05) is 40.5 Å². The van der Waals surface area contributed by atoms with Crippen molar-refractivity contribution in [2.45, 2.75) is 0 Å². The van der Waals surface area contributed by atoms with Gasteiger partial charge in [0.1, 0.15) is 0 Å². The Morgan fingerprint density at radius 2 is 1.36 bits per heavy atom. The van der Waals surface area contributed by atoms with Crippen molar-refractivity contribution in [3.63, 3.8) is 0 Å². The van der Waals surface area contributed by atoms with E-state index in [0.717, 1.165) is 33.5 Å². The van der Waals surface area contributed by atoms with Gasteiger partial charge >= 0.3 is 0 Å². The molecule has 0 saturated carbocycles. The SMILES string of the molecule is C=Cc1cccc2c(/C=C/C(=N)c3ccc(/C=C/c4ccn5c(C=C)cccc45)ncc3=N)ccn12. The molecule has 0 aliphatic heterocycles. The molecule has 5 nitrogen and oxygen atoms in total. The van der Waals surface area contributed by atoms with Gasteiger partial charge in [-0.1, -0.05) is 37.4 Å². The van der Waals surface area contributed by atoms with Crippen LogP contribution in [0.5, 0.6) is 0 Å². The fraction of sp³-hybridized carbons (Fsp3) is 0.